The minimum absolute atomic E-state index is 0.307. The smallest absolute Gasteiger partial charge is 0.271 e. The maximum atomic E-state index is 12.4. The third-order valence-electron chi connectivity index (χ3n) is 4.93. The van der Waals surface area contributed by atoms with E-state index in [9.17, 15) is 4.79 Å². The van der Waals surface area contributed by atoms with Crippen molar-refractivity contribution in [3.8, 4) is 11.5 Å². The normalized spacial score (nSPS) is 12.5. The third-order valence-corrected chi connectivity index (χ3v) is 4.93. The summed E-state index contributed by atoms with van der Waals surface area (Å²) in [5.74, 6) is 0.769. The second kappa shape index (κ2) is 7.11. The Morgan fingerprint density at radius 1 is 1.00 bits per heavy atom. The highest BCUT2D eigenvalue weighted by Crippen LogP contribution is 2.32. The van der Waals surface area contributed by atoms with E-state index in [0.29, 0.717) is 17.1 Å². The molecule has 0 atom stereocenters. The molecule has 1 aliphatic rings. The zero-order valence-corrected chi connectivity index (χ0v) is 15.3. The number of hydrogen-bond acceptors (Lipinski definition) is 4. The van der Waals surface area contributed by atoms with Gasteiger partial charge in [0.1, 0.15) is 0 Å². The highest BCUT2D eigenvalue weighted by atomic mass is 16.5. The molecule has 0 unspecified atom stereocenters. The molecule has 4 rings (SSSR count). The van der Waals surface area contributed by atoms with Gasteiger partial charge in [0.05, 0.1) is 20.4 Å². The summed E-state index contributed by atoms with van der Waals surface area (Å²) in [4.78, 5) is 12.4. The standard InChI is InChI=1S/C22H20N2O3/c1-26-19-11-10-16(12-20(19)27-2)22(25)24-23-13-17-9-8-15-7-6-14-4-3-5-18(17)21(14)15/h3-5,8-13H,6-7H2,1-2H3,(H,24,25). The maximum Gasteiger partial charge on any atom is 0.271 e. The Balaban J connectivity index is 1.55. The molecule has 1 amide bonds. The molecule has 3 aromatic carbocycles. The Kier molecular flexibility index (Phi) is 4.50. The Hall–Kier alpha value is -3.34. The van der Waals surface area contributed by atoms with Crippen molar-refractivity contribution in [3.05, 3.63) is 70.8 Å². The van der Waals surface area contributed by atoms with Gasteiger partial charge in [-0.1, -0.05) is 30.3 Å². The number of nitrogens with zero attached hydrogens (tertiary/aromatic N) is 1. The molecule has 27 heavy (non-hydrogen) atoms. The van der Waals surface area contributed by atoms with Crippen LogP contribution in [0.5, 0.6) is 11.5 Å². The number of carbonyl (C=O) groups is 1. The predicted octanol–water partition coefficient (Wildman–Crippen LogP) is 3.72. The van der Waals surface area contributed by atoms with E-state index in [1.807, 2.05) is 0 Å². The molecule has 5 nitrogen and oxygen atoms in total. The average molecular weight is 360 g/mol. The monoisotopic (exact) mass is 360 g/mol. The van der Waals surface area contributed by atoms with Crippen LogP contribution >= 0.6 is 0 Å². The number of methoxy groups -OCH3 is 2. The molecule has 0 aliphatic heterocycles. The molecule has 0 aromatic heterocycles. The highest BCUT2D eigenvalue weighted by molar-refractivity contribution is 6.04. The molecule has 0 heterocycles. The summed E-state index contributed by atoms with van der Waals surface area (Å²) in [5, 5.41) is 6.65. The Bertz CT molecular complexity index is 1050. The van der Waals surface area contributed by atoms with E-state index in [-0.39, 0.29) is 5.91 Å². The van der Waals surface area contributed by atoms with Crippen LogP contribution in [-0.4, -0.2) is 26.3 Å². The van der Waals surface area contributed by atoms with Crippen LogP contribution in [-0.2, 0) is 12.8 Å². The van der Waals surface area contributed by atoms with Crippen molar-refractivity contribution < 1.29 is 14.3 Å². The van der Waals surface area contributed by atoms with Crippen molar-refractivity contribution in [3.63, 3.8) is 0 Å². The summed E-state index contributed by atoms with van der Waals surface area (Å²) < 4.78 is 10.4. The summed E-state index contributed by atoms with van der Waals surface area (Å²) in [6, 6.07) is 15.6. The predicted molar refractivity (Wildman–Crippen MR) is 106 cm³/mol. The number of rotatable bonds is 5. The van der Waals surface area contributed by atoms with Gasteiger partial charge in [0.2, 0.25) is 0 Å². The van der Waals surface area contributed by atoms with Crippen molar-refractivity contribution >= 4 is 22.9 Å². The summed E-state index contributed by atoms with van der Waals surface area (Å²) in [6.07, 6.45) is 3.87. The molecule has 1 aliphatic carbocycles. The molecular weight excluding hydrogens is 340 g/mol. The molecule has 0 saturated carbocycles. The molecule has 0 radical (unpaired) electrons. The first-order valence-corrected chi connectivity index (χ1v) is 8.80. The second-order valence-corrected chi connectivity index (χ2v) is 6.42. The number of ether oxygens (including phenoxy) is 2. The lowest BCUT2D eigenvalue weighted by atomic mass is 10.0. The number of carbonyl (C=O) groups excluding carboxylic acids is 1. The third kappa shape index (κ3) is 3.12. The molecule has 3 aromatic rings. The van der Waals surface area contributed by atoms with E-state index >= 15 is 0 Å². The topological polar surface area (TPSA) is 59.9 Å². The van der Waals surface area contributed by atoms with Gasteiger partial charge < -0.3 is 9.47 Å². The van der Waals surface area contributed by atoms with E-state index in [0.717, 1.165) is 18.4 Å². The van der Waals surface area contributed by atoms with Crippen molar-refractivity contribution in [2.45, 2.75) is 12.8 Å². The molecule has 136 valence electrons. The first kappa shape index (κ1) is 17.1. The number of amides is 1. The second-order valence-electron chi connectivity index (χ2n) is 6.42. The van der Waals surface area contributed by atoms with E-state index < -0.39 is 0 Å². The molecule has 0 spiro atoms. The van der Waals surface area contributed by atoms with Crippen LogP contribution in [0, 0.1) is 0 Å². The van der Waals surface area contributed by atoms with Gasteiger partial charge in [-0.3, -0.25) is 4.79 Å². The minimum atomic E-state index is -0.307. The fourth-order valence-electron chi connectivity index (χ4n) is 3.58. The van der Waals surface area contributed by atoms with Crippen LogP contribution in [0.1, 0.15) is 27.0 Å². The van der Waals surface area contributed by atoms with Crippen LogP contribution < -0.4 is 14.9 Å². The lowest BCUT2D eigenvalue weighted by Gasteiger charge is -2.08. The van der Waals surface area contributed by atoms with Gasteiger partial charge >= 0.3 is 0 Å². The molecule has 0 saturated heterocycles. The minimum Gasteiger partial charge on any atom is -0.493 e. The van der Waals surface area contributed by atoms with Gasteiger partial charge in [-0.2, -0.15) is 5.10 Å². The largest absolute Gasteiger partial charge is 0.493 e. The van der Waals surface area contributed by atoms with Gasteiger partial charge in [-0.05, 0) is 52.9 Å². The summed E-state index contributed by atoms with van der Waals surface area (Å²) in [5.41, 5.74) is 6.78. The molecule has 0 bridgehead atoms. The average Bonchev–Trinajstić information content (AvgIpc) is 3.13. The van der Waals surface area contributed by atoms with E-state index in [2.05, 4.69) is 40.9 Å². The fraction of sp³-hybridized carbons (Fsp3) is 0.182. The Morgan fingerprint density at radius 3 is 2.56 bits per heavy atom. The molecular formula is C22H20N2O3. The maximum absolute atomic E-state index is 12.4. The zero-order chi connectivity index (χ0) is 18.8. The number of benzene rings is 3. The van der Waals surface area contributed by atoms with Crippen molar-refractivity contribution in [1.29, 1.82) is 0 Å². The zero-order valence-electron chi connectivity index (χ0n) is 15.3. The van der Waals surface area contributed by atoms with Gasteiger partial charge in [-0.25, -0.2) is 5.43 Å². The first-order chi connectivity index (χ1) is 13.2. The van der Waals surface area contributed by atoms with Gasteiger partial charge in [-0.15, -0.1) is 0 Å². The number of hydrazone groups is 1. The van der Waals surface area contributed by atoms with E-state index in [1.165, 1.54) is 29.0 Å². The Labute approximate surface area is 157 Å². The molecule has 5 heteroatoms. The molecule has 1 N–H and O–H groups in total. The number of hydrogen-bond donors (Lipinski definition) is 1. The number of aryl methyl sites for hydroxylation is 2. The van der Waals surface area contributed by atoms with Crippen LogP contribution in [0.15, 0.2) is 53.6 Å². The summed E-state index contributed by atoms with van der Waals surface area (Å²) in [6.45, 7) is 0. The van der Waals surface area contributed by atoms with E-state index in [1.54, 1.807) is 31.5 Å². The van der Waals surface area contributed by atoms with Crippen LogP contribution in [0.25, 0.3) is 10.8 Å². The lowest BCUT2D eigenvalue weighted by Crippen LogP contribution is -2.17. The van der Waals surface area contributed by atoms with Crippen LogP contribution in [0.2, 0.25) is 0 Å². The SMILES string of the molecule is COc1ccc(C(=O)NN=Cc2ccc3c4c(cccc24)CC3)cc1OC. The van der Waals surface area contributed by atoms with Crippen molar-refractivity contribution in [2.24, 2.45) is 5.10 Å². The van der Waals surface area contributed by atoms with Crippen molar-refractivity contribution in [1.82, 2.24) is 5.43 Å². The Morgan fingerprint density at radius 2 is 1.78 bits per heavy atom. The van der Waals surface area contributed by atoms with E-state index in [4.69, 9.17) is 9.47 Å². The van der Waals surface area contributed by atoms with Crippen LogP contribution in [0.3, 0.4) is 0 Å². The van der Waals surface area contributed by atoms with Gasteiger partial charge in [0.15, 0.2) is 11.5 Å². The number of nitrogens with one attached hydrogen (secondary N) is 1. The highest BCUT2D eigenvalue weighted by Gasteiger charge is 2.15. The van der Waals surface area contributed by atoms with Gasteiger partial charge in [0, 0.05) is 11.1 Å². The summed E-state index contributed by atoms with van der Waals surface area (Å²) >= 11 is 0. The van der Waals surface area contributed by atoms with Crippen molar-refractivity contribution in [2.75, 3.05) is 14.2 Å². The molecule has 0 fully saturated rings. The van der Waals surface area contributed by atoms with Gasteiger partial charge in [0.25, 0.3) is 5.91 Å². The quantitative estimate of drug-likeness (QED) is 0.557. The fourth-order valence-corrected chi connectivity index (χ4v) is 3.58. The van der Waals surface area contributed by atoms with Crippen LogP contribution in [0.4, 0.5) is 0 Å². The summed E-state index contributed by atoms with van der Waals surface area (Å²) in [7, 11) is 3.09. The first-order valence-electron chi connectivity index (χ1n) is 8.80. The lowest BCUT2D eigenvalue weighted by molar-refractivity contribution is 0.0954.